The average molecular weight is 490 g/mol. The lowest BCUT2D eigenvalue weighted by Gasteiger charge is -2.37. The van der Waals surface area contributed by atoms with E-state index in [1.807, 2.05) is 35.3 Å². The van der Waals surface area contributed by atoms with Crippen molar-refractivity contribution in [1.29, 1.82) is 0 Å². The minimum Gasteiger partial charge on any atom is -0.495 e. The summed E-state index contributed by atoms with van der Waals surface area (Å²) in [7, 11) is 1.60. The minimum atomic E-state index is -0.258. The van der Waals surface area contributed by atoms with E-state index in [1.54, 1.807) is 40.7 Å². The fourth-order valence-electron chi connectivity index (χ4n) is 4.50. The summed E-state index contributed by atoms with van der Waals surface area (Å²) in [6.07, 6.45) is 3.10. The van der Waals surface area contributed by atoms with Gasteiger partial charge in [-0.25, -0.2) is 24.0 Å². The number of amides is 1. The van der Waals surface area contributed by atoms with Crippen molar-refractivity contribution in [3.63, 3.8) is 0 Å². The molecule has 0 radical (unpaired) electrons. The Hall–Kier alpha value is -4.38. The Kier molecular flexibility index (Phi) is 6.54. The van der Waals surface area contributed by atoms with E-state index in [9.17, 15) is 9.59 Å². The van der Waals surface area contributed by atoms with Crippen LogP contribution in [0.3, 0.4) is 0 Å². The zero-order valence-corrected chi connectivity index (χ0v) is 19.9. The van der Waals surface area contributed by atoms with Crippen LogP contribution in [0, 0.1) is 0 Å². The Morgan fingerprint density at radius 2 is 1.89 bits per heavy atom. The van der Waals surface area contributed by atoms with Gasteiger partial charge in [-0.05, 0) is 30.3 Å². The second-order valence-electron chi connectivity index (χ2n) is 8.30. The van der Waals surface area contributed by atoms with E-state index < -0.39 is 0 Å². The van der Waals surface area contributed by atoms with Gasteiger partial charge >= 0.3 is 5.69 Å². The predicted molar refractivity (Wildman–Crippen MR) is 136 cm³/mol. The number of nitrogens with one attached hydrogen (secondary N) is 1. The van der Waals surface area contributed by atoms with Crippen LogP contribution in [0.1, 0.15) is 10.4 Å². The molecule has 1 saturated heterocycles. The van der Waals surface area contributed by atoms with Crippen molar-refractivity contribution in [1.82, 2.24) is 24.5 Å². The molecule has 0 unspecified atom stereocenters. The molecule has 0 saturated carbocycles. The van der Waals surface area contributed by atoms with Crippen molar-refractivity contribution in [3.05, 3.63) is 77.1 Å². The number of benzene rings is 2. The third-order valence-corrected chi connectivity index (χ3v) is 6.22. The van der Waals surface area contributed by atoms with Crippen LogP contribution in [0.5, 0.6) is 5.75 Å². The fraction of sp³-hybridized carbons (Fsp3) is 0.280. The number of methoxy groups -OCH3 is 1. The number of hydrogen-bond acceptors (Lipinski definition) is 8. The number of rotatable bonds is 7. The zero-order chi connectivity index (χ0) is 25.1. The number of imidazole rings is 1. The van der Waals surface area contributed by atoms with Crippen LogP contribution in [-0.4, -0.2) is 76.7 Å². The molecular formula is C25H27N7O4. The summed E-state index contributed by atoms with van der Waals surface area (Å²) in [4.78, 5) is 36.7. The minimum absolute atomic E-state index is 0.123. The van der Waals surface area contributed by atoms with E-state index in [2.05, 4.69) is 20.2 Å². The highest BCUT2D eigenvalue weighted by Gasteiger charge is 2.25. The van der Waals surface area contributed by atoms with E-state index in [-0.39, 0.29) is 24.7 Å². The van der Waals surface area contributed by atoms with Crippen LogP contribution in [0.15, 0.2) is 65.8 Å². The molecule has 0 bridgehead atoms. The first-order valence-corrected chi connectivity index (χ1v) is 11.7. The van der Waals surface area contributed by atoms with Crippen LogP contribution in [-0.2, 0) is 0 Å². The number of anilines is 1. The van der Waals surface area contributed by atoms with Crippen LogP contribution in [0.4, 0.5) is 5.69 Å². The van der Waals surface area contributed by atoms with E-state index in [0.717, 1.165) is 11.4 Å². The zero-order valence-electron chi connectivity index (χ0n) is 19.9. The molecule has 1 aliphatic heterocycles. The molecule has 4 aromatic rings. The number of carbonyl (C=O) groups excluding carboxylic acids is 1. The maximum atomic E-state index is 13.6. The van der Waals surface area contributed by atoms with Crippen molar-refractivity contribution >= 4 is 22.8 Å². The molecular weight excluding hydrogens is 462 g/mol. The number of aliphatic hydroxyl groups excluding tert-OH is 1. The quantitative estimate of drug-likeness (QED) is 0.391. The molecule has 11 nitrogen and oxygen atoms in total. The normalized spacial score (nSPS) is 13.7. The van der Waals surface area contributed by atoms with E-state index in [4.69, 9.17) is 9.84 Å². The molecule has 11 heteroatoms. The third-order valence-electron chi connectivity index (χ3n) is 6.22. The van der Waals surface area contributed by atoms with Crippen molar-refractivity contribution < 1.29 is 14.6 Å². The molecule has 0 atom stereocenters. The highest BCUT2D eigenvalue weighted by molar-refractivity contribution is 5.95. The monoisotopic (exact) mass is 489 g/mol. The van der Waals surface area contributed by atoms with Crippen LogP contribution < -0.4 is 25.7 Å². The Bertz CT molecular complexity index is 1430. The molecule has 1 fully saturated rings. The molecule has 0 aliphatic carbocycles. The van der Waals surface area contributed by atoms with Gasteiger partial charge in [-0.15, -0.1) is 0 Å². The maximum Gasteiger partial charge on any atom is 0.353 e. The van der Waals surface area contributed by atoms with Gasteiger partial charge in [-0.1, -0.05) is 18.2 Å². The Balaban J connectivity index is 1.43. The number of piperazine rings is 1. The molecule has 0 spiro atoms. The predicted octanol–water partition coefficient (Wildman–Crippen LogP) is 0.771. The fourth-order valence-corrected chi connectivity index (χ4v) is 4.50. The van der Waals surface area contributed by atoms with E-state index >= 15 is 0 Å². The van der Waals surface area contributed by atoms with Crippen molar-refractivity contribution in [2.24, 2.45) is 0 Å². The first-order chi connectivity index (χ1) is 17.6. The van der Waals surface area contributed by atoms with Gasteiger partial charge in [0.25, 0.3) is 5.91 Å². The second kappa shape index (κ2) is 10.1. The average Bonchev–Trinajstić information content (AvgIpc) is 3.23. The van der Waals surface area contributed by atoms with Gasteiger partial charge in [0.15, 0.2) is 5.65 Å². The summed E-state index contributed by atoms with van der Waals surface area (Å²) in [5.41, 5.74) is 3.01. The maximum absolute atomic E-state index is 13.6. The third kappa shape index (κ3) is 4.24. The number of carbonyl (C=O) groups is 1. The summed E-state index contributed by atoms with van der Waals surface area (Å²) in [6, 6.07) is 14.7. The number of aliphatic hydroxyl groups is 1. The Labute approximate surface area is 207 Å². The lowest BCUT2D eigenvalue weighted by atomic mass is 10.1. The number of para-hydroxylation sites is 1. The smallest absolute Gasteiger partial charge is 0.353 e. The number of aromatic nitrogens is 4. The molecule has 5 rings (SSSR count). The second-order valence-corrected chi connectivity index (χ2v) is 8.30. The van der Waals surface area contributed by atoms with Crippen molar-refractivity contribution in [3.8, 4) is 11.4 Å². The molecule has 2 aromatic carbocycles. The Morgan fingerprint density at radius 1 is 1.11 bits per heavy atom. The summed E-state index contributed by atoms with van der Waals surface area (Å²) in [6.45, 7) is 2.40. The first kappa shape index (κ1) is 23.4. The summed E-state index contributed by atoms with van der Waals surface area (Å²) < 4.78 is 8.80. The molecule has 2 N–H and O–H groups in total. The molecule has 2 aromatic heterocycles. The van der Waals surface area contributed by atoms with Gasteiger partial charge in [0, 0.05) is 25.2 Å². The van der Waals surface area contributed by atoms with Crippen LogP contribution in [0.2, 0.25) is 0 Å². The number of ether oxygens (including phenoxy) is 1. The van der Waals surface area contributed by atoms with Gasteiger partial charge in [0.05, 0.1) is 44.4 Å². The Morgan fingerprint density at radius 3 is 2.61 bits per heavy atom. The summed E-state index contributed by atoms with van der Waals surface area (Å²) in [5.74, 6) is 0.403. The van der Waals surface area contributed by atoms with Gasteiger partial charge < -0.3 is 25.1 Å². The molecule has 1 amide bonds. The van der Waals surface area contributed by atoms with Crippen molar-refractivity contribution in [2.45, 2.75) is 0 Å². The van der Waals surface area contributed by atoms with Crippen molar-refractivity contribution in [2.75, 3.05) is 56.3 Å². The van der Waals surface area contributed by atoms with E-state index in [0.29, 0.717) is 48.7 Å². The molecule has 36 heavy (non-hydrogen) atoms. The largest absolute Gasteiger partial charge is 0.495 e. The number of hydrogen-bond donors (Lipinski definition) is 2. The van der Waals surface area contributed by atoms with Crippen LogP contribution in [0.25, 0.3) is 16.9 Å². The number of fused-ring (bicyclic) bond motifs is 1. The van der Waals surface area contributed by atoms with Crippen LogP contribution >= 0.6 is 0 Å². The highest BCUT2D eigenvalue weighted by atomic mass is 16.5. The first-order valence-electron chi connectivity index (χ1n) is 11.7. The lowest BCUT2D eigenvalue weighted by molar-refractivity contribution is 0.0944. The SMILES string of the molecule is COc1ccc(C(=O)NCCO)cc1N1CCN(n2c(=O)n(-c3ccccc3)c3ncncc32)CC1. The standard InChI is InChI=1S/C25H27N7O4/c1-36-22-8-7-18(24(34)27-9-14-33)15-20(22)29-10-12-30(13-11-29)32-21-16-26-17-28-23(21)31(25(32)35)19-5-3-2-4-6-19/h2-8,15-17,33H,9-14H2,1H3,(H,27,34). The molecule has 3 heterocycles. The van der Waals surface area contributed by atoms with E-state index in [1.165, 1.54) is 6.33 Å². The van der Waals surface area contributed by atoms with Gasteiger partial charge in [0.2, 0.25) is 0 Å². The topological polar surface area (TPSA) is 118 Å². The van der Waals surface area contributed by atoms with Gasteiger partial charge in [-0.3, -0.25) is 4.79 Å². The number of nitrogens with zero attached hydrogens (tertiary/aromatic N) is 6. The highest BCUT2D eigenvalue weighted by Crippen LogP contribution is 2.30. The molecule has 186 valence electrons. The lowest BCUT2D eigenvalue weighted by Crippen LogP contribution is -2.54. The summed E-state index contributed by atoms with van der Waals surface area (Å²) >= 11 is 0. The van der Waals surface area contributed by atoms with Gasteiger partial charge in [-0.2, -0.15) is 0 Å². The molecule has 1 aliphatic rings. The van der Waals surface area contributed by atoms with Gasteiger partial charge in [0.1, 0.15) is 17.6 Å². The summed E-state index contributed by atoms with van der Waals surface area (Å²) in [5, 5.41) is 13.7.